The Bertz CT molecular complexity index is 636. The summed E-state index contributed by atoms with van der Waals surface area (Å²) in [6, 6.07) is 6.52. The van der Waals surface area contributed by atoms with E-state index in [0.717, 1.165) is 0 Å². The second kappa shape index (κ2) is 8.45. The molecule has 0 fully saturated rings. The van der Waals surface area contributed by atoms with Crippen LogP contribution in [0, 0.1) is 5.41 Å². The maximum Gasteiger partial charge on any atom is 0.341 e. The molecule has 0 saturated carbocycles. The molecule has 1 atom stereocenters. The number of halogens is 1. The van der Waals surface area contributed by atoms with Gasteiger partial charge in [0, 0.05) is 17.0 Å². The highest BCUT2D eigenvalue weighted by Gasteiger charge is 2.45. The number of ketones is 1. The summed E-state index contributed by atoms with van der Waals surface area (Å²) in [4.78, 5) is 40.8. The first-order valence-electron chi connectivity index (χ1n) is 7.93. The molecule has 0 aliphatic carbocycles. The normalized spacial score (nSPS) is 13.7. The van der Waals surface area contributed by atoms with E-state index in [-0.39, 0.29) is 18.6 Å². The minimum atomic E-state index is -1.57. The van der Waals surface area contributed by atoms with Crippen LogP contribution >= 0.6 is 11.6 Å². The molecule has 25 heavy (non-hydrogen) atoms. The minimum Gasteiger partial charge on any atom is -0.459 e. The van der Waals surface area contributed by atoms with E-state index in [1.54, 1.807) is 45.0 Å². The highest BCUT2D eigenvalue weighted by Crippen LogP contribution is 2.30. The number of hydrogen-bond donors (Lipinski definition) is 1. The van der Waals surface area contributed by atoms with Gasteiger partial charge in [-0.25, -0.2) is 4.79 Å². The van der Waals surface area contributed by atoms with Crippen molar-refractivity contribution in [2.45, 2.75) is 52.6 Å². The molecule has 0 aliphatic heterocycles. The molecule has 0 amide bonds. The summed E-state index contributed by atoms with van der Waals surface area (Å²) >= 11 is 5.79. The Labute approximate surface area is 152 Å². The predicted octanol–water partition coefficient (Wildman–Crippen LogP) is 3.46. The number of esters is 1. The van der Waals surface area contributed by atoms with Crippen LogP contribution in [0.4, 0.5) is 0 Å². The molecule has 0 radical (unpaired) electrons. The zero-order valence-corrected chi connectivity index (χ0v) is 15.7. The molecular formula is C18H24ClNO5. The molecular weight excluding hydrogens is 346 g/mol. The summed E-state index contributed by atoms with van der Waals surface area (Å²) in [5, 5.41) is 0.541. The number of hydrogen-bond acceptors (Lipinski definition) is 6. The van der Waals surface area contributed by atoms with Crippen LogP contribution < -0.4 is 5.90 Å². The molecule has 0 saturated heterocycles. The third-order valence-electron chi connectivity index (χ3n) is 3.65. The smallest absolute Gasteiger partial charge is 0.341 e. The van der Waals surface area contributed by atoms with Crippen LogP contribution in [0.2, 0.25) is 5.02 Å². The average molecular weight is 370 g/mol. The lowest BCUT2D eigenvalue weighted by Gasteiger charge is -2.29. The van der Waals surface area contributed by atoms with Crippen LogP contribution in [0.15, 0.2) is 24.3 Å². The molecule has 0 spiro atoms. The Morgan fingerprint density at radius 1 is 1.04 bits per heavy atom. The van der Waals surface area contributed by atoms with Gasteiger partial charge in [0.1, 0.15) is 5.60 Å². The fourth-order valence-electron chi connectivity index (χ4n) is 2.19. The van der Waals surface area contributed by atoms with Gasteiger partial charge in [-0.05, 0) is 64.8 Å². The van der Waals surface area contributed by atoms with Gasteiger partial charge in [-0.1, -0.05) is 11.6 Å². The SMILES string of the molecule is CC(C)(C)OC(=O)C(C)(CCCC(=O)c1ccc(Cl)cc1)C(=O)ON. The van der Waals surface area contributed by atoms with Gasteiger partial charge in [0.15, 0.2) is 11.2 Å². The first-order chi connectivity index (χ1) is 11.5. The monoisotopic (exact) mass is 369 g/mol. The van der Waals surface area contributed by atoms with Crippen molar-refractivity contribution in [1.82, 2.24) is 0 Å². The van der Waals surface area contributed by atoms with E-state index in [9.17, 15) is 14.4 Å². The number of carbonyl (C=O) groups is 3. The first kappa shape index (κ1) is 21.1. The van der Waals surface area contributed by atoms with Gasteiger partial charge in [-0.3, -0.25) is 9.59 Å². The van der Waals surface area contributed by atoms with E-state index in [2.05, 4.69) is 4.84 Å². The standard InChI is InChI=1S/C18H24ClNO5/c1-17(2,3)24-15(22)18(4,16(23)25-20)11-5-6-14(21)12-7-9-13(19)10-8-12/h7-10H,5-6,11,20H2,1-4H3. The molecule has 7 heteroatoms. The van der Waals surface area contributed by atoms with E-state index in [1.165, 1.54) is 6.92 Å². The molecule has 0 bridgehead atoms. The van der Waals surface area contributed by atoms with Crippen molar-refractivity contribution >= 4 is 29.3 Å². The zero-order valence-electron chi connectivity index (χ0n) is 14.9. The topological polar surface area (TPSA) is 95.7 Å². The maximum atomic E-state index is 12.4. The van der Waals surface area contributed by atoms with Crippen molar-refractivity contribution in [2.75, 3.05) is 0 Å². The van der Waals surface area contributed by atoms with Crippen LogP contribution in [0.3, 0.4) is 0 Å². The van der Waals surface area contributed by atoms with Crippen molar-refractivity contribution in [2.24, 2.45) is 11.3 Å². The van der Waals surface area contributed by atoms with Crippen molar-refractivity contribution in [1.29, 1.82) is 0 Å². The van der Waals surface area contributed by atoms with Gasteiger partial charge >= 0.3 is 11.9 Å². The quantitative estimate of drug-likeness (QED) is 0.342. The number of carbonyl (C=O) groups excluding carboxylic acids is 3. The van der Waals surface area contributed by atoms with Crippen molar-refractivity contribution in [3.8, 4) is 0 Å². The Hall–Kier alpha value is -1.92. The number of benzene rings is 1. The molecule has 0 aromatic heterocycles. The molecule has 2 N–H and O–H groups in total. The Kier molecular flexibility index (Phi) is 7.14. The van der Waals surface area contributed by atoms with Gasteiger partial charge in [0.25, 0.3) is 0 Å². The van der Waals surface area contributed by atoms with Crippen molar-refractivity contribution < 1.29 is 24.0 Å². The van der Waals surface area contributed by atoms with Crippen LogP contribution in [0.5, 0.6) is 0 Å². The van der Waals surface area contributed by atoms with Gasteiger partial charge in [-0.15, -0.1) is 0 Å². The fraction of sp³-hybridized carbons (Fsp3) is 0.500. The minimum absolute atomic E-state index is 0.0806. The summed E-state index contributed by atoms with van der Waals surface area (Å²) in [6.07, 6.45) is 0.543. The molecule has 6 nitrogen and oxygen atoms in total. The number of Topliss-reactive ketones (excluding diaryl/α,β-unsaturated/α-hetero) is 1. The molecule has 1 unspecified atom stereocenters. The zero-order chi connectivity index (χ0) is 19.3. The number of ether oxygens (including phenoxy) is 1. The molecule has 0 heterocycles. The van der Waals surface area contributed by atoms with E-state index in [1.807, 2.05) is 0 Å². The van der Waals surface area contributed by atoms with Crippen molar-refractivity contribution in [3.63, 3.8) is 0 Å². The second-order valence-corrected chi connectivity index (χ2v) is 7.46. The maximum absolute atomic E-state index is 12.4. The lowest BCUT2D eigenvalue weighted by atomic mass is 9.84. The second-order valence-electron chi connectivity index (χ2n) is 7.02. The van der Waals surface area contributed by atoms with E-state index < -0.39 is 23.0 Å². The number of rotatable bonds is 7. The van der Waals surface area contributed by atoms with Crippen LogP contribution in [0.25, 0.3) is 0 Å². The van der Waals surface area contributed by atoms with Gasteiger partial charge in [0.2, 0.25) is 0 Å². The molecule has 1 rings (SSSR count). The first-order valence-corrected chi connectivity index (χ1v) is 8.31. The Morgan fingerprint density at radius 3 is 2.08 bits per heavy atom. The third-order valence-corrected chi connectivity index (χ3v) is 3.91. The van der Waals surface area contributed by atoms with Gasteiger partial charge in [0.05, 0.1) is 0 Å². The Balaban J connectivity index is 2.76. The molecule has 138 valence electrons. The highest BCUT2D eigenvalue weighted by molar-refractivity contribution is 6.30. The Morgan fingerprint density at radius 2 is 1.60 bits per heavy atom. The summed E-state index contributed by atoms with van der Waals surface area (Å²) in [5.74, 6) is 3.24. The van der Waals surface area contributed by atoms with E-state index in [4.69, 9.17) is 22.2 Å². The van der Waals surface area contributed by atoms with Gasteiger partial charge < -0.3 is 9.57 Å². The predicted molar refractivity (Wildman–Crippen MR) is 93.9 cm³/mol. The number of nitrogens with two attached hydrogens (primary N) is 1. The molecule has 1 aromatic carbocycles. The third kappa shape index (κ3) is 6.14. The summed E-state index contributed by atoms with van der Waals surface area (Å²) in [7, 11) is 0. The summed E-state index contributed by atoms with van der Waals surface area (Å²) < 4.78 is 5.29. The molecule has 1 aromatic rings. The lowest BCUT2D eigenvalue weighted by molar-refractivity contribution is -0.179. The van der Waals surface area contributed by atoms with Crippen LogP contribution in [-0.2, 0) is 19.2 Å². The van der Waals surface area contributed by atoms with Crippen LogP contribution in [-0.4, -0.2) is 23.3 Å². The average Bonchev–Trinajstić information content (AvgIpc) is 2.52. The van der Waals surface area contributed by atoms with Crippen molar-refractivity contribution in [3.05, 3.63) is 34.9 Å². The lowest BCUT2D eigenvalue weighted by Crippen LogP contribution is -2.43. The summed E-state index contributed by atoms with van der Waals surface area (Å²) in [6.45, 7) is 6.50. The van der Waals surface area contributed by atoms with Gasteiger partial charge in [-0.2, -0.15) is 5.90 Å². The summed E-state index contributed by atoms with van der Waals surface area (Å²) in [5.41, 5.74) is -1.81. The molecule has 0 aliphatic rings. The fourth-order valence-corrected chi connectivity index (χ4v) is 2.32. The van der Waals surface area contributed by atoms with E-state index >= 15 is 0 Å². The van der Waals surface area contributed by atoms with Crippen LogP contribution in [0.1, 0.15) is 57.3 Å². The highest BCUT2D eigenvalue weighted by atomic mass is 35.5. The largest absolute Gasteiger partial charge is 0.459 e. The van der Waals surface area contributed by atoms with E-state index in [0.29, 0.717) is 17.0 Å².